The lowest BCUT2D eigenvalue weighted by Gasteiger charge is -2.24. The number of piperidine rings is 1. The molecule has 0 spiro atoms. The van der Waals surface area contributed by atoms with Gasteiger partial charge in [-0.1, -0.05) is 18.2 Å². The lowest BCUT2D eigenvalue weighted by Crippen LogP contribution is -2.34. The summed E-state index contributed by atoms with van der Waals surface area (Å²) >= 11 is 0. The van der Waals surface area contributed by atoms with Gasteiger partial charge in [0.15, 0.2) is 0 Å². The first-order chi connectivity index (χ1) is 18.4. The number of anilines is 3. The van der Waals surface area contributed by atoms with Crippen molar-refractivity contribution in [1.82, 2.24) is 5.32 Å². The summed E-state index contributed by atoms with van der Waals surface area (Å²) in [6, 6.07) is 20.2. The molecule has 4 rings (SSSR count). The minimum absolute atomic E-state index is 0.156. The number of aryl methyl sites for hydroxylation is 1. The predicted octanol–water partition coefficient (Wildman–Crippen LogP) is 4.71. The van der Waals surface area contributed by atoms with Gasteiger partial charge in [-0.05, 0) is 86.9 Å². The number of nitrogens with zero attached hydrogens (tertiary/aromatic N) is 1. The number of hydrogen-bond donors (Lipinski definition) is 3. The quantitative estimate of drug-likeness (QED) is 0.361. The van der Waals surface area contributed by atoms with E-state index >= 15 is 0 Å². The Balaban J connectivity index is 1.42. The zero-order valence-corrected chi connectivity index (χ0v) is 22.3. The maximum absolute atomic E-state index is 13.1. The van der Waals surface area contributed by atoms with E-state index in [9.17, 15) is 9.59 Å². The Morgan fingerprint density at radius 1 is 0.947 bits per heavy atom. The number of rotatable bonds is 10. The molecule has 1 fully saturated rings. The van der Waals surface area contributed by atoms with Gasteiger partial charge in [-0.2, -0.15) is 0 Å². The molecule has 3 N–H and O–H groups in total. The van der Waals surface area contributed by atoms with Crippen LogP contribution in [-0.4, -0.2) is 58.3 Å². The topological polar surface area (TPSA) is 91.9 Å². The fraction of sp³-hybridized carbons (Fsp3) is 0.333. The monoisotopic (exact) mass is 516 g/mol. The minimum atomic E-state index is -0.237. The van der Waals surface area contributed by atoms with Crippen molar-refractivity contribution in [3.05, 3.63) is 83.4 Å². The molecule has 3 aromatic carbocycles. The van der Waals surface area contributed by atoms with Crippen LogP contribution in [0.15, 0.2) is 66.7 Å². The largest absolute Gasteiger partial charge is 0.490 e. The molecular weight excluding hydrogens is 480 g/mol. The molecule has 2 amide bonds. The van der Waals surface area contributed by atoms with Crippen LogP contribution in [0.4, 0.5) is 17.1 Å². The number of amides is 2. The third kappa shape index (κ3) is 7.34. The van der Waals surface area contributed by atoms with Gasteiger partial charge >= 0.3 is 0 Å². The summed E-state index contributed by atoms with van der Waals surface area (Å²) in [6.07, 6.45) is 2.05. The van der Waals surface area contributed by atoms with Crippen molar-refractivity contribution < 1.29 is 19.1 Å². The lowest BCUT2D eigenvalue weighted by atomic mass is 10.1. The molecule has 1 saturated heterocycles. The van der Waals surface area contributed by atoms with Gasteiger partial charge in [0.2, 0.25) is 0 Å². The van der Waals surface area contributed by atoms with E-state index in [1.54, 1.807) is 31.4 Å². The predicted molar refractivity (Wildman–Crippen MR) is 152 cm³/mol. The summed E-state index contributed by atoms with van der Waals surface area (Å²) < 4.78 is 11.2. The summed E-state index contributed by atoms with van der Waals surface area (Å²) in [5, 5.41) is 9.25. The summed E-state index contributed by atoms with van der Waals surface area (Å²) in [5.74, 6) is 0.229. The number of nitrogens with one attached hydrogen (secondary N) is 3. The zero-order chi connectivity index (χ0) is 26.9. The molecule has 1 heterocycles. The van der Waals surface area contributed by atoms with E-state index in [1.807, 2.05) is 61.3 Å². The number of carbonyl (C=O) groups excluding carboxylic acids is 2. The Morgan fingerprint density at radius 3 is 2.42 bits per heavy atom. The fourth-order valence-corrected chi connectivity index (χ4v) is 4.29. The maximum atomic E-state index is 13.1. The highest BCUT2D eigenvalue weighted by atomic mass is 16.5. The Labute approximate surface area is 224 Å². The highest BCUT2D eigenvalue weighted by molar-refractivity contribution is 6.07. The van der Waals surface area contributed by atoms with Gasteiger partial charge in [-0.3, -0.25) is 9.59 Å². The Bertz CT molecular complexity index is 1260. The van der Waals surface area contributed by atoms with Gasteiger partial charge in [0.1, 0.15) is 11.9 Å². The van der Waals surface area contributed by atoms with E-state index in [4.69, 9.17) is 9.47 Å². The fourth-order valence-electron chi connectivity index (χ4n) is 4.29. The molecular formula is C30H36N4O4. The van der Waals surface area contributed by atoms with Crippen molar-refractivity contribution in [3.63, 3.8) is 0 Å². The van der Waals surface area contributed by atoms with Crippen LogP contribution in [0.2, 0.25) is 0 Å². The minimum Gasteiger partial charge on any atom is -0.490 e. The lowest BCUT2D eigenvalue weighted by molar-refractivity contribution is 0.101. The number of hydrogen-bond acceptors (Lipinski definition) is 6. The van der Waals surface area contributed by atoms with Crippen molar-refractivity contribution in [1.29, 1.82) is 0 Å². The maximum Gasteiger partial charge on any atom is 0.255 e. The van der Waals surface area contributed by atoms with Crippen LogP contribution < -0.4 is 25.6 Å². The van der Waals surface area contributed by atoms with E-state index in [0.717, 1.165) is 43.7 Å². The summed E-state index contributed by atoms with van der Waals surface area (Å²) in [7, 11) is 3.62. The van der Waals surface area contributed by atoms with Gasteiger partial charge in [-0.15, -0.1) is 0 Å². The van der Waals surface area contributed by atoms with Crippen LogP contribution in [0.1, 0.15) is 39.1 Å². The molecule has 8 heteroatoms. The van der Waals surface area contributed by atoms with Crippen molar-refractivity contribution >= 4 is 28.9 Å². The third-order valence-electron chi connectivity index (χ3n) is 6.61. The van der Waals surface area contributed by atoms with Gasteiger partial charge in [0.05, 0.1) is 6.61 Å². The summed E-state index contributed by atoms with van der Waals surface area (Å²) in [6.45, 7) is 5.11. The molecule has 200 valence electrons. The molecule has 0 aromatic heterocycles. The van der Waals surface area contributed by atoms with Crippen molar-refractivity contribution in [2.24, 2.45) is 0 Å². The molecule has 3 aromatic rings. The summed E-state index contributed by atoms with van der Waals surface area (Å²) in [5.41, 5.74) is 4.10. The van der Waals surface area contributed by atoms with Crippen molar-refractivity contribution in [3.8, 4) is 5.75 Å². The second-order valence-electron chi connectivity index (χ2n) is 9.50. The average Bonchev–Trinajstić information content (AvgIpc) is 2.94. The average molecular weight is 517 g/mol. The first-order valence-electron chi connectivity index (χ1n) is 12.9. The second-order valence-corrected chi connectivity index (χ2v) is 9.50. The summed E-state index contributed by atoms with van der Waals surface area (Å²) in [4.78, 5) is 28.1. The van der Waals surface area contributed by atoms with Gasteiger partial charge in [-0.25, -0.2) is 0 Å². The number of methoxy groups -OCH3 is 1. The molecule has 1 aliphatic heterocycles. The van der Waals surface area contributed by atoms with Crippen LogP contribution in [-0.2, 0) is 4.74 Å². The van der Waals surface area contributed by atoms with E-state index < -0.39 is 0 Å². The van der Waals surface area contributed by atoms with E-state index in [0.29, 0.717) is 34.9 Å². The molecule has 0 unspecified atom stereocenters. The molecule has 0 bridgehead atoms. The van der Waals surface area contributed by atoms with E-state index in [2.05, 4.69) is 16.0 Å². The smallest absolute Gasteiger partial charge is 0.255 e. The molecule has 0 radical (unpaired) electrons. The van der Waals surface area contributed by atoms with Crippen LogP contribution in [0.5, 0.6) is 5.75 Å². The van der Waals surface area contributed by atoms with Gasteiger partial charge in [0, 0.05) is 48.9 Å². The van der Waals surface area contributed by atoms with Crippen LogP contribution in [0, 0.1) is 6.92 Å². The second kappa shape index (κ2) is 13.1. The van der Waals surface area contributed by atoms with Crippen LogP contribution >= 0.6 is 0 Å². The first-order valence-corrected chi connectivity index (χ1v) is 12.9. The molecule has 0 aliphatic carbocycles. The Morgan fingerprint density at radius 2 is 1.66 bits per heavy atom. The van der Waals surface area contributed by atoms with Gasteiger partial charge < -0.3 is 30.3 Å². The number of benzene rings is 3. The van der Waals surface area contributed by atoms with Crippen LogP contribution in [0.3, 0.4) is 0 Å². The normalized spacial score (nSPS) is 13.6. The van der Waals surface area contributed by atoms with Gasteiger partial charge in [0.25, 0.3) is 11.8 Å². The standard InChI is InChI=1S/C30H36N4O4/c1-21-10-11-24(32-29(35)22-6-4-8-25(18-22)34(2)16-17-37-3)20-28(21)33-30(36)23-7-5-9-27(19-23)38-26-12-14-31-15-13-26/h4-11,18-20,26,31H,12-17H2,1-3H3,(H,32,35)(H,33,36). The number of ether oxygens (including phenoxy) is 2. The number of carbonyl (C=O) groups is 2. The Hall–Kier alpha value is -3.88. The molecule has 8 nitrogen and oxygen atoms in total. The van der Waals surface area contributed by atoms with E-state index in [1.165, 1.54) is 0 Å². The Kier molecular flexibility index (Phi) is 9.35. The first kappa shape index (κ1) is 27.2. The van der Waals surface area contributed by atoms with E-state index in [-0.39, 0.29) is 17.9 Å². The highest BCUT2D eigenvalue weighted by Crippen LogP contribution is 2.24. The SMILES string of the molecule is COCCN(C)c1cccc(C(=O)Nc2ccc(C)c(NC(=O)c3cccc(OC4CCNCC4)c3)c2)c1. The molecule has 0 atom stereocenters. The number of likely N-dealkylation sites (N-methyl/N-ethyl adjacent to an activating group) is 1. The molecule has 0 saturated carbocycles. The van der Waals surface area contributed by atoms with Crippen LogP contribution in [0.25, 0.3) is 0 Å². The molecule has 38 heavy (non-hydrogen) atoms. The molecule has 1 aliphatic rings. The highest BCUT2D eigenvalue weighted by Gasteiger charge is 2.16. The van der Waals surface area contributed by atoms with Crippen molar-refractivity contribution in [2.45, 2.75) is 25.9 Å². The van der Waals surface area contributed by atoms with Crippen molar-refractivity contribution in [2.75, 3.05) is 55.9 Å². The zero-order valence-electron chi connectivity index (χ0n) is 22.3. The third-order valence-corrected chi connectivity index (χ3v) is 6.61.